The number of rotatable bonds is 16. The van der Waals surface area contributed by atoms with Crippen molar-refractivity contribution in [3.8, 4) is 22.8 Å². The standard InChI is InChI=1S/C57H56F4N14O/c1-31(74-21-15-37(16-22-74)66-56-49-39(33-9-10-33)27-62-29-45(49)68-54(72-56)35-13-19-64-47(25-35)70-51-41(58)5-3-6-42(51)59)53(76)32(2)75-23-17-38(18-24-75)67-57-50-40(34-11-12-34)28-63-30-46(50)69-55(73-57)36-14-20-65-48(26-36)71-52-43(60)7-4-8-44(52)61/h3-8,13-14,19-20,25-34,37-38H,9-12,15-18,21-24H2,1-2H3,(H,64,70)(H,65,71)(H,66,68,72)(H,67,69,73). The third kappa shape index (κ3) is 10.2. The van der Waals surface area contributed by atoms with E-state index in [9.17, 15) is 22.4 Å². The summed E-state index contributed by atoms with van der Waals surface area (Å²) in [6, 6.07) is 13.9. The van der Waals surface area contributed by atoms with Gasteiger partial charge in [-0.25, -0.2) is 47.5 Å². The molecule has 2 atom stereocenters. The number of halogens is 4. The second-order valence-electron chi connectivity index (χ2n) is 20.6. The maximum atomic E-state index is 14.6. The molecule has 2 aromatic carbocycles. The van der Waals surface area contributed by atoms with Gasteiger partial charge in [-0.3, -0.25) is 24.6 Å². The molecule has 0 spiro atoms. The van der Waals surface area contributed by atoms with E-state index in [1.54, 1.807) is 49.1 Å². The molecule has 0 amide bonds. The van der Waals surface area contributed by atoms with E-state index in [4.69, 9.17) is 19.9 Å². The van der Waals surface area contributed by atoms with Crippen molar-refractivity contribution in [2.45, 2.75) is 101 Å². The van der Waals surface area contributed by atoms with Crippen LogP contribution >= 0.6 is 0 Å². The Morgan fingerprint density at radius 1 is 0.539 bits per heavy atom. The molecule has 2 saturated heterocycles. The summed E-state index contributed by atoms with van der Waals surface area (Å²) in [5.41, 5.74) is 4.32. The first-order chi connectivity index (χ1) is 37.0. The number of carbonyl (C=O) groups excluding carboxylic acids is 1. The van der Waals surface area contributed by atoms with Crippen molar-refractivity contribution in [2.75, 3.05) is 47.4 Å². The first-order valence-corrected chi connectivity index (χ1v) is 26.2. The highest BCUT2D eigenvalue weighted by Gasteiger charge is 2.35. The van der Waals surface area contributed by atoms with Crippen molar-refractivity contribution >= 4 is 62.2 Å². The highest BCUT2D eigenvalue weighted by Crippen LogP contribution is 2.46. The van der Waals surface area contributed by atoms with Crippen LogP contribution in [0.25, 0.3) is 44.6 Å². The van der Waals surface area contributed by atoms with Crippen molar-refractivity contribution in [1.29, 1.82) is 0 Å². The van der Waals surface area contributed by atoms with Crippen LogP contribution in [0.4, 0.5) is 52.2 Å². The average molecular weight is 1030 g/mol. The number of hydrogen-bond donors (Lipinski definition) is 4. The number of piperidine rings is 2. The van der Waals surface area contributed by atoms with Crippen LogP contribution in [0, 0.1) is 23.3 Å². The SMILES string of the molecule is CC(C(=O)C(C)N1CCC(Nc2nc(-c3ccnc(Nc4c(F)cccc4F)c3)nc3cncc(C4CC4)c23)CC1)N1CCC(Nc2nc(-c3ccnc(Nc4c(F)cccc4F)c3)nc3cncc(C4CC4)c23)CC1. The zero-order chi connectivity index (χ0) is 52.0. The Morgan fingerprint density at radius 3 is 1.32 bits per heavy atom. The molecule has 76 heavy (non-hydrogen) atoms. The number of likely N-dealkylation sites (tertiary alicyclic amines) is 2. The van der Waals surface area contributed by atoms with Gasteiger partial charge in [0.1, 0.15) is 57.9 Å². The molecule has 4 aliphatic rings. The number of benzene rings is 2. The molecule has 2 saturated carbocycles. The molecule has 388 valence electrons. The van der Waals surface area contributed by atoms with Gasteiger partial charge in [0.15, 0.2) is 17.4 Å². The Labute approximate surface area is 436 Å². The van der Waals surface area contributed by atoms with Crippen molar-refractivity contribution < 1.29 is 22.4 Å². The van der Waals surface area contributed by atoms with E-state index in [-0.39, 0.29) is 53.0 Å². The first-order valence-electron chi connectivity index (χ1n) is 26.2. The van der Waals surface area contributed by atoms with Gasteiger partial charge < -0.3 is 21.3 Å². The maximum absolute atomic E-state index is 14.6. The lowest BCUT2D eigenvalue weighted by Crippen LogP contribution is -2.53. The summed E-state index contributed by atoms with van der Waals surface area (Å²) in [7, 11) is 0. The van der Waals surface area contributed by atoms with Crippen LogP contribution in [0.1, 0.15) is 88.2 Å². The molecule has 0 radical (unpaired) electrons. The van der Waals surface area contributed by atoms with Crippen LogP contribution in [-0.4, -0.2) is 106 Å². The van der Waals surface area contributed by atoms with Gasteiger partial charge in [0.2, 0.25) is 0 Å². The third-order valence-corrected chi connectivity index (χ3v) is 15.4. The van der Waals surface area contributed by atoms with E-state index in [0.717, 1.165) is 111 Å². The van der Waals surface area contributed by atoms with Gasteiger partial charge >= 0.3 is 0 Å². The van der Waals surface area contributed by atoms with Crippen LogP contribution < -0.4 is 21.3 Å². The molecule has 0 bridgehead atoms. The molecule has 2 aliphatic heterocycles. The number of Topliss-reactive ketones (excluding diaryl/α,β-unsaturated/α-hetero) is 1. The highest BCUT2D eigenvalue weighted by atomic mass is 19.1. The summed E-state index contributed by atoms with van der Waals surface area (Å²) >= 11 is 0. The van der Waals surface area contributed by atoms with Gasteiger partial charge in [-0.15, -0.1) is 0 Å². The number of hydrogen-bond acceptors (Lipinski definition) is 15. The Hall–Kier alpha value is -7.77. The lowest BCUT2D eigenvalue weighted by Gasteiger charge is -2.40. The van der Waals surface area contributed by atoms with Gasteiger partial charge in [0.25, 0.3) is 0 Å². The number of anilines is 6. The fraction of sp³-hybridized carbons (Fsp3) is 0.351. The zero-order valence-electron chi connectivity index (χ0n) is 42.1. The smallest absolute Gasteiger partial charge is 0.166 e. The molecule has 8 aromatic rings. The van der Waals surface area contributed by atoms with Gasteiger partial charge in [0, 0.05) is 84.9 Å². The minimum absolute atomic E-state index is 0.0859. The largest absolute Gasteiger partial charge is 0.367 e. The number of carbonyl (C=O) groups is 1. The highest BCUT2D eigenvalue weighted by molar-refractivity contribution is 5.95. The fourth-order valence-electron chi connectivity index (χ4n) is 10.8. The number of ketones is 1. The maximum Gasteiger partial charge on any atom is 0.166 e. The summed E-state index contributed by atoms with van der Waals surface area (Å²) in [4.78, 5) is 56.7. The van der Waals surface area contributed by atoms with Crippen molar-refractivity contribution in [3.63, 3.8) is 0 Å². The van der Waals surface area contributed by atoms with Crippen molar-refractivity contribution in [2.24, 2.45) is 0 Å². The Kier molecular flexibility index (Phi) is 13.4. The van der Waals surface area contributed by atoms with Crippen LogP contribution in [0.2, 0.25) is 0 Å². The number of para-hydroxylation sites is 2. The van der Waals surface area contributed by atoms with E-state index in [2.05, 4.69) is 51.0 Å². The Balaban J connectivity index is 0.697. The molecule has 4 fully saturated rings. The van der Waals surface area contributed by atoms with Crippen molar-refractivity contribution in [3.05, 3.63) is 132 Å². The van der Waals surface area contributed by atoms with Crippen LogP contribution in [0.15, 0.2) is 97.8 Å². The number of fused-ring (bicyclic) bond motifs is 2. The molecular formula is C57H56F4N14O. The predicted molar refractivity (Wildman–Crippen MR) is 285 cm³/mol. The topological polar surface area (TPSA) is 175 Å². The molecule has 4 N–H and O–H groups in total. The van der Waals surface area contributed by atoms with E-state index in [1.807, 2.05) is 26.2 Å². The minimum Gasteiger partial charge on any atom is -0.367 e. The van der Waals surface area contributed by atoms with E-state index in [0.29, 0.717) is 45.6 Å². The summed E-state index contributed by atoms with van der Waals surface area (Å²) in [6.45, 7) is 6.99. The molecule has 12 rings (SSSR count). The fourth-order valence-corrected chi connectivity index (χ4v) is 10.8. The molecular weight excluding hydrogens is 973 g/mol. The summed E-state index contributed by atoms with van der Waals surface area (Å²) in [6.07, 6.45) is 18.0. The second-order valence-corrected chi connectivity index (χ2v) is 20.6. The van der Waals surface area contributed by atoms with Gasteiger partial charge in [0.05, 0.1) is 35.5 Å². The third-order valence-electron chi connectivity index (χ3n) is 15.4. The Morgan fingerprint density at radius 2 is 0.934 bits per heavy atom. The molecule has 6 aromatic heterocycles. The Bertz CT molecular complexity index is 3220. The van der Waals surface area contributed by atoms with Gasteiger partial charge in [-0.1, -0.05) is 12.1 Å². The number of nitrogens with zero attached hydrogens (tertiary/aromatic N) is 10. The summed E-state index contributed by atoms with van der Waals surface area (Å²) < 4.78 is 58.2. The predicted octanol–water partition coefficient (Wildman–Crippen LogP) is 11.1. The minimum atomic E-state index is -0.728. The number of pyridine rings is 4. The quantitative estimate of drug-likeness (QED) is 0.0673. The number of aromatic nitrogens is 8. The molecule has 2 aliphatic carbocycles. The molecule has 2 unspecified atom stereocenters. The van der Waals surface area contributed by atoms with Crippen LogP contribution in [-0.2, 0) is 4.79 Å². The first kappa shape index (κ1) is 49.1. The van der Waals surface area contributed by atoms with Crippen LogP contribution in [0.5, 0.6) is 0 Å². The van der Waals surface area contributed by atoms with E-state index in [1.165, 1.54) is 36.4 Å². The molecule has 15 nitrogen and oxygen atoms in total. The molecule has 19 heteroatoms. The average Bonchev–Trinajstić information content (AvgIpc) is 4.43. The second kappa shape index (κ2) is 20.7. The monoisotopic (exact) mass is 1030 g/mol. The van der Waals surface area contributed by atoms with Crippen molar-refractivity contribution in [1.82, 2.24) is 49.7 Å². The number of nitrogens with one attached hydrogen (secondary N) is 4. The zero-order valence-corrected chi connectivity index (χ0v) is 42.1. The lowest BCUT2D eigenvalue weighted by molar-refractivity contribution is -0.129. The summed E-state index contributed by atoms with van der Waals surface area (Å²) in [5, 5.41) is 15.0. The van der Waals surface area contributed by atoms with E-state index < -0.39 is 23.3 Å². The molecule has 8 heterocycles. The lowest BCUT2D eigenvalue weighted by atomic mass is 9.97. The van der Waals surface area contributed by atoms with Gasteiger partial charge in [-0.05, 0) is 137 Å². The van der Waals surface area contributed by atoms with E-state index >= 15 is 0 Å². The summed E-state index contributed by atoms with van der Waals surface area (Å²) in [5.74, 6) is 0.865. The van der Waals surface area contributed by atoms with Gasteiger partial charge in [-0.2, -0.15) is 0 Å². The van der Waals surface area contributed by atoms with Crippen LogP contribution in [0.3, 0.4) is 0 Å². The normalized spacial score (nSPS) is 17.7.